The van der Waals surface area contributed by atoms with E-state index in [0.717, 1.165) is 11.0 Å². The summed E-state index contributed by atoms with van der Waals surface area (Å²) in [7, 11) is 1.68. The predicted molar refractivity (Wildman–Crippen MR) is 62.7 cm³/mol. The highest BCUT2D eigenvalue weighted by Gasteiger charge is 2.07. The molecule has 0 N–H and O–H groups in total. The first kappa shape index (κ1) is 9.60. The maximum atomic E-state index is 11.5. The normalized spacial score (nSPS) is 10.8. The second-order valence-electron chi connectivity index (χ2n) is 3.81. The van der Waals surface area contributed by atoms with Crippen LogP contribution in [0.4, 0.5) is 0 Å². The summed E-state index contributed by atoms with van der Waals surface area (Å²) in [6, 6.07) is 8.83. The average Bonchev–Trinajstić information content (AvgIpc) is 2.72. The van der Waals surface area contributed by atoms with Gasteiger partial charge in [0.25, 0.3) is 5.56 Å². The van der Waals surface area contributed by atoms with Gasteiger partial charge < -0.3 is 0 Å². The molecule has 82 valence electrons. The van der Waals surface area contributed by atoms with E-state index in [1.54, 1.807) is 35.8 Å². The number of imidazole rings is 1. The number of aromatic nitrogens is 3. The number of nitriles is 1. The third-order valence-corrected chi connectivity index (χ3v) is 2.80. The molecule has 0 atom stereocenters. The second kappa shape index (κ2) is 3.19. The molecule has 5 heteroatoms. The number of benzene rings is 1. The molecule has 0 spiro atoms. The summed E-state index contributed by atoms with van der Waals surface area (Å²) in [5.41, 5.74) is 2.07. The number of hydrogen-bond acceptors (Lipinski definition) is 3. The van der Waals surface area contributed by atoms with Crippen molar-refractivity contribution in [3.8, 4) is 6.07 Å². The van der Waals surface area contributed by atoms with Crippen LogP contribution in [0.1, 0.15) is 5.56 Å². The van der Waals surface area contributed by atoms with Crippen LogP contribution < -0.4 is 5.56 Å². The standard InChI is InChI=1S/C12H8N4O/c1-15-11(17)4-5-16-10-6-8(7-13)2-3-9(10)14-12(15)16/h2-6H,1H3. The van der Waals surface area contributed by atoms with Gasteiger partial charge in [-0.2, -0.15) is 5.26 Å². The molecule has 5 nitrogen and oxygen atoms in total. The first-order chi connectivity index (χ1) is 8.20. The molecule has 0 aliphatic carbocycles. The fourth-order valence-electron chi connectivity index (χ4n) is 1.88. The van der Waals surface area contributed by atoms with Crippen LogP contribution in [-0.4, -0.2) is 14.0 Å². The Balaban J connectivity index is 2.56. The summed E-state index contributed by atoms with van der Waals surface area (Å²) in [5, 5.41) is 8.87. The molecule has 0 fully saturated rings. The molecule has 0 aliphatic rings. The molecule has 1 aromatic carbocycles. The van der Waals surface area contributed by atoms with Gasteiger partial charge in [0.15, 0.2) is 0 Å². The minimum absolute atomic E-state index is 0.103. The first-order valence-corrected chi connectivity index (χ1v) is 5.08. The molecule has 0 aliphatic heterocycles. The van der Waals surface area contributed by atoms with Crippen molar-refractivity contribution in [1.82, 2.24) is 14.0 Å². The van der Waals surface area contributed by atoms with Gasteiger partial charge in [0.1, 0.15) is 0 Å². The SMILES string of the molecule is Cn1c(=O)ccn2c3cc(C#N)ccc3nc12. The number of aryl methyl sites for hydroxylation is 1. The molecule has 3 rings (SSSR count). The Morgan fingerprint density at radius 3 is 2.94 bits per heavy atom. The van der Waals surface area contributed by atoms with Gasteiger partial charge in [-0.1, -0.05) is 0 Å². The molecule has 0 amide bonds. The quantitative estimate of drug-likeness (QED) is 0.573. The lowest BCUT2D eigenvalue weighted by Crippen LogP contribution is -2.17. The van der Waals surface area contributed by atoms with Crippen molar-refractivity contribution in [2.24, 2.45) is 7.05 Å². The van der Waals surface area contributed by atoms with Gasteiger partial charge in [0.05, 0.1) is 22.7 Å². The van der Waals surface area contributed by atoms with Gasteiger partial charge in [0.2, 0.25) is 5.78 Å². The predicted octanol–water partition coefficient (Wildman–Crippen LogP) is 1.06. The van der Waals surface area contributed by atoms with Crippen LogP contribution in [0.25, 0.3) is 16.8 Å². The number of rotatable bonds is 0. The van der Waals surface area contributed by atoms with E-state index in [0.29, 0.717) is 11.3 Å². The van der Waals surface area contributed by atoms with Gasteiger partial charge in [-0.15, -0.1) is 0 Å². The summed E-state index contributed by atoms with van der Waals surface area (Å²) in [5.74, 6) is 0.572. The fraction of sp³-hybridized carbons (Fsp3) is 0.0833. The van der Waals surface area contributed by atoms with E-state index < -0.39 is 0 Å². The molecule has 17 heavy (non-hydrogen) atoms. The Labute approximate surface area is 96.2 Å². The monoisotopic (exact) mass is 224 g/mol. The number of hydrogen-bond donors (Lipinski definition) is 0. The van der Waals surface area contributed by atoms with Gasteiger partial charge in [-0.05, 0) is 18.2 Å². The highest BCUT2D eigenvalue weighted by atomic mass is 16.1. The molecule has 0 unspecified atom stereocenters. The molecule has 0 bridgehead atoms. The Morgan fingerprint density at radius 2 is 2.18 bits per heavy atom. The van der Waals surface area contributed by atoms with E-state index in [-0.39, 0.29) is 5.56 Å². The van der Waals surface area contributed by atoms with Crippen LogP contribution in [0.15, 0.2) is 35.3 Å². The summed E-state index contributed by atoms with van der Waals surface area (Å²) < 4.78 is 3.28. The van der Waals surface area contributed by atoms with Crippen LogP contribution >= 0.6 is 0 Å². The number of nitrogens with zero attached hydrogens (tertiary/aromatic N) is 4. The van der Waals surface area contributed by atoms with E-state index in [4.69, 9.17) is 5.26 Å². The molecular formula is C12H8N4O. The van der Waals surface area contributed by atoms with Crippen LogP contribution in [0, 0.1) is 11.3 Å². The summed E-state index contributed by atoms with van der Waals surface area (Å²) in [6.45, 7) is 0. The summed E-state index contributed by atoms with van der Waals surface area (Å²) >= 11 is 0. The molecular weight excluding hydrogens is 216 g/mol. The molecule has 2 aromatic heterocycles. The summed E-state index contributed by atoms with van der Waals surface area (Å²) in [4.78, 5) is 15.9. The van der Waals surface area contributed by atoms with Crippen LogP contribution in [-0.2, 0) is 7.05 Å². The zero-order chi connectivity index (χ0) is 12.0. The van der Waals surface area contributed by atoms with Crippen molar-refractivity contribution in [3.63, 3.8) is 0 Å². The van der Waals surface area contributed by atoms with Crippen molar-refractivity contribution in [2.45, 2.75) is 0 Å². The van der Waals surface area contributed by atoms with E-state index >= 15 is 0 Å². The lowest BCUT2D eigenvalue weighted by atomic mass is 10.2. The molecule has 3 aromatic rings. The maximum Gasteiger partial charge on any atom is 0.254 e. The average molecular weight is 224 g/mol. The van der Waals surface area contributed by atoms with Gasteiger partial charge >= 0.3 is 0 Å². The van der Waals surface area contributed by atoms with Crippen molar-refractivity contribution < 1.29 is 0 Å². The minimum Gasteiger partial charge on any atom is -0.285 e. The lowest BCUT2D eigenvalue weighted by Gasteiger charge is -1.99. The molecule has 0 radical (unpaired) electrons. The van der Waals surface area contributed by atoms with Crippen LogP contribution in [0.2, 0.25) is 0 Å². The largest absolute Gasteiger partial charge is 0.285 e. The third kappa shape index (κ3) is 1.24. The fourth-order valence-corrected chi connectivity index (χ4v) is 1.88. The first-order valence-electron chi connectivity index (χ1n) is 5.08. The van der Waals surface area contributed by atoms with E-state index in [9.17, 15) is 4.79 Å². The molecule has 2 heterocycles. The van der Waals surface area contributed by atoms with Crippen LogP contribution in [0.5, 0.6) is 0 Å². The van der Waals surface area contributed by atoms with Gasteiger partial charge in [0, 0.05) is 19.3 Å². The second-order valence-corrected chi connectivity index (χ2v) is 3.81. The van der Waals surface area contributed by atoms with Gasteiger partial charge in [-0.25, -0.2) is 4.98 Å². The number of fused-ring (bicyclic) bond motifs is 3. The van der Waals surface area contributed by atoms with Crippen molar-refractivity contribution >= 4 is 16.8 Å². The van der Waals surface area contributed by atoms with Crippen LogP contribution in [0.3, 0.4) is 0 Å². The van der Waals surface area contributed by atoms with E-state index in [1.807, 2.05) is 0 Å². The summed E-state index contributed by atoms with van der Waals surface area (Å²) in [6.07, 6.45) is 1.67. The van der Waals surface area contributed by atoms with Crippen molar-refractivity contribution in [3.05, 3.63) is 46.4 Å². The van der Waals surface area contributed by atoms with E-state index in [2.05, 4.69) is 11.1 Å². The Kier molecular flexibility index (Phi) is 1.80. The van der Waals surface area contributed by atoms with Crippen molar-refractivity contribution in [1.29, 1.82) is 5.26 Å². The molecule has 0 saturated carbocycles. The van der Waals surface area contributed by atoms with Gasteiger partial charge in [-0.3, -0.25) is 13.8 Å². The molecule has 0 saturated heterocycles. The zero-order valence-corrected chi connectivity index (χ0v) is 9.08. The third-order valence-electron chi connectivity index (χ3n) is 2.80. The Bertz CT molecular complexity index is 835. The van der Waals surface area contributed by atoms with E-state index in [1.165, 1.54) is 10.6 Å². The Morgan fingerprint density at radius 1 is 1.35 bits per heavy atom. The maximum absolute atomic E-state index is 11.5. The minimum atomic E-state index is -0.103. The highest BCUT2D eigenvalue weighted by Crippen LogP contribution is 2.16. The smallest absolute Gasteiger partial charge is 0.254 e. The lowest BCUT2D eigenvalue weighted by molar-refractivity contribution is 0.848. The zero-order valence-electron chi connectivity index (χ0n) is 9.08. The Hall–Kier alpha value is -2.61. The topological polar surface area (TPSA) is 63.1 Å². The van der Waals surface area contributed by atoms with Crippen molar-refractivity contribution in [2.75, 3.05) is 0 Å². The highest BCUT2D eigenvalue weighted by molar-refractivity contribution is 5.80.